The average molecular weight is 1710 g/mol. The molecule has 0 radical (unpaired) electrons. The molecule has 15 nitrogen and oxygen atoms in total. The molecule has 12 rings (SSSR count). The summed E-state index contributed by atoms with van der Waals surface area (Å²) in [6, 6.07) is 65.0. The van der Waals surface area contributed by atoms with Crippen LogP contribution in [0.5, 0.6) is 0 Å². The van der Waals surface area contributed by atoms with Gasteiger partial charge in [0.25, 0.3) is 0 Å². The number of pyridine rings is 8. The molecule has 6 N–H and O–H groups in total. The van der Waals surface area contributed by atoms with Crippen LogP contribution in [0.2, 0.25) is 0 Å². The molecule has 0 unspecified atom stereocenters. The van der Waals surface area contributed by atoms with Gasteiger partial charge in [0.2, 0.25) is 0 Å². The summed E-state index contributed by atoms with van der Waals surface area (Å²) >= 11 is 3.49. The fraction of sp³-hybridized carbons (Fsp3) is 0.443. The maximum Gasteiger partial charge on any atom is 0.106 e. The van der Waals surface area contributed by atoms with Crippen molar-refractivity contribution in [2.45, 2.75) is 297 Å². The number of aromatic nitrogens is 9. The Morgan fingerprint density at radius 1 is 0.252 bits per heavy atom. The van der Waals surface area contributed by atoms with Crippen LogP contribution in [0.25, 0.3) is 0 Å². The summed E-state index contributed by atoms with van der Waals surface area (Å²) in [6.07, 6.45) is 33.9. The zero-order valence-electron chi connectivity index (χ0n) is 79.7. The number of benzene rings is 2. The summed E-state index contributed by atoms with van der Waals surface area (Å²) in [4.78, 5) is 38.0. The smallest absolute Gasteiger partial charge is 0.106 e. The maximum absolute atomic E-state index is 4.19. The lowest BCUT2D eigenvalue weighted by Gasteiger charge is -2.06. The quantitative estimate of drug-likeness (QED) is 0.0260. The van der Waals surface area contributed by atoms with Gasteiger partial charge in [-0.2, -0.15) is 0 Å². The standard InChI is InChI=1S/C11H17N.2C10H15N.3C9H14N2.C9H12.C8H13NS.3C8H11N.C7H12N2S/c1-10(2)5-3-6-11-7-4-8-12-9-11;1-9(2)5-6-10-4-3-7-11-8-10;1-9(2)11-8-10-6-4-3-5-7-10;1-8(2)11-7-9-3-5-10-6-4-9;1-8(2)11-7-9-4-3-5-10-6-9;1-8(2)11-7-9-5-3-4-6-10-9;1-8(2)9-6-4-3-5-7-9;1-7(2)9-6-8-4-3-5-10-8;1-7(2)8-3-5-9-6-4-8;1-7(2)8-4-3-5-9-6-8;1-7(2)8-5-3-4-6-9-8;1-6(2)9-5-7-8-3-4-10-7/h4,7-10H,3,5-6H2,1-2H3;3-4,7-9H,5-6H2,1-2H3;3-7,9,11H,8H2,1-2H3;3*3-6,8,11H,7H2,1-2H3;3-8H,1-2H3;3-5,7,9H,6H2,1-2H3;3*3-7H,1-2H3;3-4,6,9H,5H2,1-2H3. The predicted octanol–water partition coefficient (Wildman–Crippen LogP) is 26.0. The van der Waals surface area contributed by atoms with E-state index in [1.54, 1.807) is 35.1 Å². The van der Waals surface area contributed by atoms with Crippen LogP contribution >= 0.6 is 22.7 Å². The third kappa shape index (κ3) is 68.8. The Balaban J connectivity index is 0.000000672. The SMILES string of the molecule is CC(C)CCCc1cccnc1.CC(C)CCc1cccnc1.CC(C)NCc1ccccc1.CC(C)NCc1ccccn1.CC(C)NCc1cccnc1.CC(C)NCc1cccs1.CC(C)NCc1ccncc1.CC(C)NCc1nccs1.CC(C)c1ccccc1.CC(C)c1ccccn1.CC(C)c1cccnc1.CC(C)c1ccncc1. The summed E-state index contributed by atoms with van der Waals surface area (Å²) in [6.45, 7) is 57.7. The minimum absolute atomic E-state index is 0.525. The molecule has 0 aliphatic carbocycles. The molecule has 0 saturated heterocycles. The number of nitrogens with one attached hydrogen (secondary N) is 6. The zero-order valence-corrected chi connectivity index (χ0v) is 81.3. The van der Waals surface area contributed by atoms with Crippen molar-refractivity contribution in [3.63, 3.8) is 0 Å². The lowest BCUT2D eigenvalue weighted by molar-refractivity contribution is 0.555. The van der Waals surface area contributed by atoms with E-state index in [1.807, 2.05) is 183 Å². The summed E-state index contributed by atoms with van der Waals surface area (Å²) in [7, 11) is 0. The van der Waals surface area contributed by atoms with Gasteiger partial charge in [0, 0.05) is 184 Å². The molecule has 0 saturated carbocycles. The predicted molar refractivity (Wildman–Crippen MR) is 532 cm³/mol. The van der Waals surface area contributed by atoms with E-state index in [1.165, 1.54) is 75.1 Å². The van der Waals surface area contributed by atoms with Gasteiger partial charge in [-0.05, 0) is 190 Å². The van der Waals surface area contributed by atoms with Gasteiger partial charge in [-0.1, -0.05) is 276 Å². The Morgan fingerprint density at radius 3 is 1.04 bits per heavy atom. The van der Waals surface area contributed by atoms with Gasteiger partial charge in [0.15, 0.2) is 0 Å². The number of aryl methyl sites for hydroxylation is 2. The first-order chi connectivity index (χ1) is 59.0. The van der Waals surface area contributed by atoms with Gasteiger partial charge in [0.05, 0.1) is 5.69 Å². The van der Waals surface area contributed by atoms with Crippen LogP contribution in [-0.4, -0.2) is 81.1 Å². The first-order valence-electron chi connectivity index (χ1n) is 44.6. The van der Waals surface area contributed by atoms with E-state index < -0.39 is 0 Å². The molecule has 10 heterocycles. The lowest BCUT2D eigenvalue weighted by atomic mass is 10.0. The molecule has 17 heteroatoms. The van der Waals surface area contributed by atoms with Crippen LogP contribution < -0.4 is 31.9 Å². The molecule has 0 fully saturated rings. The number of hydrogen-bond donors (Lipinski definition) is 6. The molecular formula is C106H159N15S2. The van der Waals surface area contributed by atoms with Crippen molar-refractivity contribution >= 4 is 22.7 Å². The third-order valence-corrected chi connectivity index (χ3v) is 19.1. The van der Waals surface area contributed by atoms with Crippen molar-refractivity contribution in [3.05, 3.63) is 351 Å². The molecule has 2 aromatic carbocycles. The Bertz CT molecular complexity index is 3640. The van der Waals surface area contributed by atoms with E-state index in [0.717, 1.165) is 73.9 Å². The van der Waals surface area contributed by atoms with Gasteiger partial charge >= 0.3 is 0 Å². The molecule has 670 valence electrons. The second-order valence-electron chi connectivity index (χ2n) is 33.5. The molecule has 0 bridgehead atoms. The van der Waals surface area contributed by atoms with Crippen LogP contribution in [0.15, 0.2) is 286 Å². The van der Waals surface area contributed by atoms with Crippen LogP contribution in [0.3, 0.4) is 0 Å². The zero-order chi connectivity index (χ0) is 90.9. The Morgan fingerprint density at radius 2 is 0.659 bits per heavy atom. The van der Waals surface area contributed by atoms with Crippen molar-refractivity contribution in [2.24, 2.45) is 11.8 Å². The molecule has 0 atom stereocenters. The van der Waals surface area contributed by atoms with Gasteiger partial charge in [-0.25, -0.2) is 4.98 Å². The Hall–Kier alpha value is -9.27. The minimum Gasteiger partial charge on any atom is -0.310 e. The van der Waals surface area contributed by atoms with Crippen molar-refractivity contribution < 1.29 is 0 Å². The van der Waals surface area contributed by atoms with Crippen LogP contribution in [0, 0.1) is 11.8 Å². The molecule has 0 spiro atoms. The highest BCUT2D eigenvalue weighted by molar-refractivity contribution is 7.10. The van der Waals surface area contributed by atoms with Crippen LogP contribution in [0.1, 0.15) is 275 Å². The highest BCUT2D eigenvalue weighted by atomic mass is 32.1. The van der Waals surface area contributed by atoms with E-state index in [-0.39, 0.29) is 0 Å². The van der Waals surface area contributed by atoms with E-state index in [0.29, 0.717) is 59.9 Å². The molecule has 0 aliphatic heterocycles. The van der Waals surface area contributed by atoms with Crippen LogP contribution in [0.4, 0.5) is 0 Å². The lowest BCUT2D eigenvalue weighted by Crippen LogP contribution is -2.22. The van der Waals surface area contributed by atoms with Crippen molar-refractivity contribution in [1.29, 1.82) is 0 Å². The van der Waals surface area contributed by atoms with Crippen molar-refractivity contribution in [2.75, 3.05) is 0 Å². The topological polar surface area (TPSA) is 188 Å². The van der Waals surface area contributed by atoms with E-state index in [2.05, 4.69) is 333 Å². The van der Waals surface area contributed by atoms with E-state index >= 15 is 0 Å². The first kappa shape index (κ1) is 112. The second kappa shape index (κ2) is 74.2. The number of nitrogens with zero attached hydrogens (tertiary/aromatic N) is 9. The highest BCUT2D eigenvalue weighted by Crippen LogP contribution is 2.16. The normalized spacial score (nSPS) is 10.4. The molecule has 123 heavy (non-hydrogen) atoms. The number of hydrogen-bond acceptors (Lipinski definition) is 17. The minimum atomic E-state index is 0.525. The molecule has 12 aromatic rings. The third-order valence-electron chi connectivity index (χ3n) is 17.5. The monoisotopic (exact) mass is 1710 g/mol. The average Bonchev–Trinajstić information content (AvgIpc) is 1.88. The number of thiophene rings is 1. The first-order valence-corrected chi connectivity index (χ1v) is 46.3. The number of rotatable bonds is 29. The second-order valence-corrected chi connectivity index (χ2v) is 35.5. The molecule has 0 amide bonds. The Kier molecular flexibility index (Phi) is 67.4. The van der Waals surface area contributed by atoms with Gasteiger partial charge in [0.1, 0.15) is 5.01 Å². The molecular weight excluding hydrogens is 1550 g/mol. The fourth-order valence-corrected chi connectivity index (χ4v) is 11.2. The number of thiazole rings is 1. The summed E-state index contributed by atoms with van der Waals surface area (Å²) in [5.74, 6) is 4.03. The Labute approximate surface area is 755 Å². The summed E-state index contributed by atoms with van der Waals surface area (Å²) < 4.78 is 0. The van der Waals surface area contributed by atoms with Crippen LogP contribution in [-0.2, 0) is 52.1 Å². The largest absolute Gasteiger partial charge is 0.310 e. The van der Waals surface area contributed by atoms with E-state index in [9.17, 15) is 0 Å². The maximum atomic E-state index is 4.19. The highest BCUT2D eigenvalue weighted by Gasteiger charge is 2.03. The molecule has 0 aliphatic rings. The summed E-state index contributed by atoms with van der Waals surface area (Å²) in [5.41, 5.74) is 12.9. The van der Waals surface area contributed by atoms with Gasteiger partial charge in [-0.15, -0.1) is 22.7 Å². The van der Waals surface area contributed by atoms with Crippen molar-refractivity contribution in [1.82, 2.24) is 76.8 Å². The molecule has 10 aromatic heterocycles. The summed E-state index contributed by atoms with van der Waals surface area (Å²) in [5, 5.41) is 25.2. The fourth-order valence-electron chi connectivity index (χ4n) is 10.0. The van der Waals surface area contributed by atoms with Crippen molar-refractivity contribution in [3.8, 4) is 0 Å². The van der Waals surface area contributed by atoms with E-state index in [4.69, 9.17) is 0 Å². The van der Waals surface area contributed by atoms with Gasteiger partial charge in [-0.3, -0.25) is 39.9 Å². The van der Waals surface area contributed by atoms with Gasteiger partial charge < -0.3 is 31.9 Å².